The van der Waals surface area contributed by atoms with E-state index in [4.69, 9.17) is 7.38 Å². The number of esters is 1. The number of hydrogen-bond donors (Lipinski definition) is 0. The fraction of sp³-hybridized carbons (Fsp3) is 0.600. The van der Waals surface area contributed by atoms with Crippen molar-refractivity contribution in [3.63, 3.8) is 0 Å². The van der Waals surface area contributed by atoms with Gasteiger partial charge in [0.2, 0.25) is 0 Å². The van der Waals surface area contributed by atoms with Crippen molar-refractivity contribution >= 4 is 11.9 Å². The van der Waals surface area contributed by atoms with Crippen LogP contribution >= 0.6 is 0 Å². The zero-order valence-corrected chi connectivity index (χ0v) is 20.3. The molecular formula is C20H22HgO4. The van der Waals surface area contributed by atoms with Crippen LogP contribution in [0.2, 0.25) is 2.92 Å². The van der Waals surface area contributed by atoms with E-state index in [1.807, 2.05) is 0 Å². The normalized spacial score (nSPS) is 41.8. The molecule has 5 heteroatoms. The van der Waals surface area contributed by atoms with E-state index in [0.29, 0.717) is 17.8 Å². The summed E-state index contributed by atoms with van der Waals surface area (Å²) < 4.78 is 11.9. The van der Waals surface area contributed by atoms with Gasteiger partial charge in [-0.2, -0.15) is 0 Å². The first-order chi connectivity index (χ1) is 12.0. The number of rotatable bonds is 3. The number of ether oxygens (including phenoxy) is 1. The second kappa shape index (κ2) is 5.31. The molecule has 0 aromatic heterocycles. The van der Waals surface area contributed by atoms with Gasteiger partial charge in [-0.3, -0.25) is 0 Å². The first-order valence-electron chi connectivity index (χ1n) is 9.43. The van der Waals surface area contributed by atoms with Crippen molar-refractivity contribution in [3.05, 3.63) is 35.4 Å². The van der Waals surface area contributed by atoms with E-state index in [2.05, 4.69) is 24.3 Å². The van der Waals surface area contributed by atoms with Crippen molar-refractivity contribution in [2.75, 3.05) is 0 Å². The summed E-state index contributed by atoms with van der Waals surface area (Å²) in [4.78, 5) is 23.4. The molecule has 1 aromatic rings. The average Bonchev–Trinajstić information content (AvgIpc) is 2.88. The molecule has 2 bridgehead atoms. The van der Waals surface area contributed by atoms with Gasteiger partial charge in [0, 0.05) is 0 Å². The fourth-order valence-electron chi connectivity index (χ4n) is 7.28. The van der Waals surface area contributed by atoms with Crippen LogP contribution < -0.4 is 0 Å². The number of hydrogen-bond acceptors (Lipinski definition) is 4. The first kappa shape index (κ1) is 16.3. The van der Waals surface area contributed by atoms with Gasteiger partial charge in [0.15, 0.2) is 0 Å². The minimum absolute atomic E-state index is 0.0164. The molecule has 6 atom stereocenters. The molecule has 4 aliphatic carbocycles. The molecule has 5 rings (SSSR count). The number of carbonyl (C=O) groups excluding carboxylic acids is 2. The molecule has 1 aromatic carbocycles. The Morgan fingerprint density at radius 1 is 1.08 bits per heavy atom. The predicted molar refractivity (Wildman–Crippen MR) is 86.3 cm³/mol. The van der Waals surface area contributed by atoms with E-state index in [0.717, 1.165) is 19.3 Å². The minimum atomic E-state index is -1.95. The summed E-state index contributed by atoms with van der Waals surface area (Å²) in [6.45, 7) is 3.07. The van der Waals surface area contributed by atoms with Crippen LogP contribution in [0.15, 0.2) is 24.3 Å². The summed E-state index contributed by atoms with van der Waals surface area (Å²) >= 11 is -1.95. The van der Waals surface area contributed by atoms with Crippen LogP contribution in [0.25, 0.3) is 0 Å². The predicted octanol–water partition coefficient (Wildman–Crippen LogP) is 3.72. The molecule has 0 aliphatic heterocycles. The number of carbonyl (C=O) groups is 2. The molecule has 2 unspecified atom stereocenters. The second-order valence-electron chi connectivity index (χ2n) is 8.30. The van der Waals surface area contributed by atoms with Gasteiger partial charge >= 0.3 is 161 Å². The monoisotopic (exact) mass is 528 g/mol. The maximum absolute atomic E-state index is 11.8. The molecule has 0 heterocycles. The standard InChI is InChI=1S/C18H19O2.C2H4O2.Hg/c1-10(19)20-16-8-4-7-14-17-13-9-15(18(14,16)17)12-6-3-2-5-11(12)13;1-2(3)4;/h2-3,5-6,13-16H,4,7-9H2,1H3;1H3,(H,3,4);/q;;+1/p-1/t13-,14?,15+,16?,18+;;/m0../s1. The van der Waals surface area contributed by atoms with Crippen LogP contribution in [0, 0.1) is 11.3 Å². The average molecular weight is 527 g/mol. The number of benzene rings is 1. The van der Waals surface area contributed by atoms with Crippen LogP contribution in [0.3, 0.4) is 0 Å². The van der Waals surface area contributed by atoms with Crippen molar-refractivity contribution in [1.82, 2.24) is 0 Å². The fourth-order valence-corrected chi connectivity index (χ4v) is 17.5. The summed E-state index contributed by atoms with van der Waals surface area (Å²) in [6.07, 6.45) is 4.48. The van der Waals surface area contributed by atoms with Crippen molar-refractivity contribution < 1.29 is 42.0 Å². The van der Waals surface area contributed by atoms with Gasteiger partial charge in [0.1, 0.15) is 0 Å². The van der Waals surface area contributed by atoms with Crippen molar-refractivity contribution in [1.29, 1.82) is 0 Å². The Labute approximate surface area is 160 Å². The van der Waals surface area contributed by atoms with Gasteiger partial charge < -0.3 is 0 Å². The summed E-state index contributed by atoms with van der Waals surface area (Å²) in [5, 5.41) is 0. The quantitative estimate of drug-likeness (QED) is 0.445. The molecule has 25 heavy (non-hydrogen) atoms. The van der Waals surface area contributed by atoms with Gasteiger partial charge in [-0.25, -0.2) is 0 Å². The molecule has 0 saturated heterocycles. The molecular weight excluding hydrogens is 505 g/mol. The zero-order chi connectivity index (χ0) is 17.4. The van der Waals surface area contributed by atoms with E-state index in [9.17, 15) is 9.59 Å². The summed E-state index contributed by atoms with van der Waals surface area (Å²) in [5.74, 6) is 1.32. The van der Waals surface area contributed by atoms with Gasteiger partial charge in [0.25, 0.3) is 0 Å². The molecule has 3 fully saturated rings. The Kier molecular flexibility index (Phi) is 3.46. The Hall–Kier alpha value is -0.905. The summed E-state index contributed by atoms with van der Waals surface area (Å²) in [6, 6.07) is 8.82. The maximum atomic E-state index is 11.8. The van der Waals surface area contributed by atoms with Gasteiger partial charge in [-0.05, 0) is 0 Å². The molecule has 1 spiro atoms. The zero-order valence-electron chi connectivity index (χ0n) is 14.8. The Morgan fingerprint density at radius 3 is 2.48 bits per heavy atom. The third-order valence-electron chi connectivity index (χ3n) is 7.65. The molecule has 0 amide bonds. The Bertz CT molecular complexity index is 777. The van der Waals surface area contributed by atoms with Crippen LogP contribution in [0.1, 0.15) is 62.5 Å². The third kappa shape index (κ3) is 1.82. The molecule has 128 valence electrons. The third-order valence-corrected chi connectivity index (χ3v) is 17.9. The van der Waals surface area contributed by atoms with E-state index in [1.54, 1.807) is 6.92 Å². The molecule has 4 nitrogen and oxygen atoms in total. The second-order valence-corrected chi connectivity index (χ2v) is 15.1. The molecule has 0 N–H and O–H groups in total. The molecule has 0 radical (unpaired) electrons. The van der Waals surface area contributed by atoms with Crippen molar-refractivity contribution in [2.24, 2.45) is 11.3 Å². The summed E-state index contributed by atoms with van der Waals surface area (Å²) in [7, 11) is 0. The number of fused-ring (bicyclic) bond motifs is 7. The van der Waals surface area contributed by atoms with Gasteiger partial charge in [-0.15, -0.1) is 0 Å². The van der Waals surface area contributed by atoms with E-state index >= 15 is 0 Å². The molecule has 4 aliphatic rings. The van der Waals surface area contributed by atoms with Crippen LogP contribution in [0.4, 0.5) is 0 Å². The topological polar surface area (TPSA) is 52.6 Å². The SMILES string of the molecule is CC(=O)[O][Hg][C@@]12C3CCCC(OC(C)=O)[C@]31[C@@H]1C[C@H]2c2ccccc21. The van der Waals surface area contributed by atoms with Gasteiger partial charge in [-0.1, -0.05) is 0 Å². The summed E-state index contributed by atoms with van der Waals surface area (Å²) in [5.41, 5.74) is 3.04. The molecule has 3 saturated carbocycles. The van der Waals surface area contributed by atoms with Crippen molar-refractivity contribution in [3.8, 4) is 0 Å². The van der Waals surface area contributed by atoms with Crippen LogP contribution in [-0.2, 0) is 42.0 Å². The Morgan fingerprint density at radius 2 is 1.80 bits per heavy atom. The van der Waals surface area contributed by atoms with Crippen LogP contribution in [-0.4, -0.2) is 18.0 Å². The first-order valence-corrected chi connectivity index (χ1v) is 14.4. The van der Waals surface area contributed by atoms with E-state index in [1.165, 1.54) is 24.5 Å². The Balaban J connectivity index is 1.63. The van der Waals surface area contributed by atoms with Gasteiger partial charge in [0.05, 0.1) is 0 Å². The van der Waals surface area contributed by atoms with Crippen LogP contribution in [0.5, 0.6) is 0 Å². The van der Waals surface area contributed by atoms with Crippen molar-refractivity contribution in [2.45, 2.75) is 60.4 Å². The van der Waals surface area contributed by atoms with E-state index < -0.39 is 25.0 Å². The van der Waals surface area contributed by atoms with E-state index in [-0.39, 0.29) is 26.4 Å².